The van der Waals surface area contributed by atoms with Crippen LogP contribution in [0, 0.1) is 59.2 Å². The van der Waals surface area contributed by atoms with E-state index in [1.54, 1.807) is 37.8 Å². The lowest BCUT2D eigenvalue weighted by Crippen LogP contribution is -2.53. The van der Waals surface area contributed by atoms with E-state index in [4.69, 9.17) is 0 Å². The third-order valence-electron chi connectivity index (χ3n) is 14.0. The largest absolute Gasteiger partial charge is 0.0887 e. The molecule has 0 aliphatic heterocycles. The van der Waals surface area contributed by atoms with Gasteiger partial charge in [-0.3, -0.25) is 0 Å². The summed E-state index contributed by atoms with van der Waals surface area (Å²) in [5.74, 6) is 10.4. The summed E-state index contributed by atoms with van der Waals surface area (Å²) in [6, 6.07) is 3.14. The zero-order chi connectivity index (χ0) is 24.5. The molecule has 6 saturated carbocycles. The summed E-state index contributed by atoms with van der Waals surface area (Å²) in [7, 11) is -1.43. The fourth-order valence-electron chi connectivity index (χ4n) is 13.1. The van der Waals surface area contributed by atoms with Crippen LogP contribution >= 0.6 is 31.9 Å². The third-order valence-corrected chi connectivity index (χ3v) is 23.3. The van der Waals surface area contributed by atoms with Crippen molar-refractivity contribution in [3.05, 3.63) is 0 Å². The first kappa shape index (κ1) is 26.4. The molecular weight excluding hydrogens is 572 g/mol. The molecule has 0 bridgehead atoms. The maximum Gasteiger partial charge on any atom is 0.0603 e. The van der Waals surface area contributed by atoms with Crippen molar-refractivity contribution in [3.8, 4) is 0 Å². The molecule has 0 radical (unpaired) electrons. The van der Waals surface area contributed by atoms with Gasteiger partial charge in [0.05, 0.1) is 8.07 Å². The second-order valence-corrected chi connectivity index (χ2v) is 22.4. The van der Waals surface area contributed by atoms with Gasteiger partial charge in [-0.2, -0.15) is 0 Å². The monoisotopic (exact) mass is 624 g/mol. The summed E-state index contributed by atoms with van der Waals surface area (Å²) in [6.07, 6.45) is 18.4. The van der Waals surface area contributed by atoms with Crippen molar-refractivity contribution in [1.82, 2.24) is 0 Å². The Morgan fingerprint density at radius 1 is 0.514 bits per heavy atom. The molecule has 6 aliphatic rings. The average molecular weight is 627 g/mol. The number of hydrogen-bond donors (Lipinski definition) is 0. The van der Waals surface area contributed by atoms with E-state index in [2.05, 4.69) is 59.6 Å². The minimum atomic E-state index is -1.43. The van der Waals surface area contributed by atoms with Crippen LogP contribution < -0.4 is 0 Å². The highest BCUT2D eigenvalue weighted by Crippen LogP contribution is 2.70. The van der Waals surface area contributed by atoms with Crippen molar-refractivity contribution in [2.45, 2.75) is 138 Å². The van der Waals surface area contributed by atoms with E-state index in [-0.39, 0.29) is 0 Å². The quantitative estimate of drug-likeness (QED) is 0.215. The van der Waals surface area contributed by atoms with Gasteiger partial charge in [0, 0.05) is 9.65 Å². The average Bonchev–Trinajstić information content (AvgIpc) is 3.38. The number of rotatable bonds is 4. The molecular formula is C32H54Br2Si. The maximum atomic E-state index is 4.33. The Morgan fingerprint density at radius 2 is 0.886 bits per heavy atom. The van der Waals surface area contributed by atoms with E-state index in [9.17, 15) is 0 Å². The molecule has 0 spiro atoms. The molecule has 3 heteroatoms. The number of halogens is 2. The molecule has 0 aromatic heterocycles. The molecule has 6 rings (SSSR count). The van der Waals surface area contributed by atoms with Gasteiger partial charge in [0.25, 0.3) is 0 Å². The van der Waals surface area contributed by atoms with Gasteiger partial charge in [0.2, 0.25) is 0 Å². The highest BCUT2D eigenvalue weighted by molar-refractivity contribution is 9.09. The molecule has 35 heavy (non-hydrogen) atoms. The molecule has 0 nitrogen and oxygen atoms in total. The van der Waals surface area contributed by atoms with E-state index in [1.807, 2.05) is 0 Å². The molecule has 0 aromatic rings. The van der Waals surface area contributed by atoms with Crippen LogP contribution in [0.2, 0.25) is 23.2 Å². The van der Waals surface area contributed by atoms with E-state index in [0.717, 1.165) is 79.9 Å². The molecule has 14 atom stereocenters. The molecule has 0 amide bonds. The lowest BCUT2D eigenvalue weighted by Gasteiger charge is -2.55. The zero-order valence-corrected chi connectivity index (χ0v) is 27.4. The summed E-state index contributed by atoms with van der Waals surface area (Å²) in [5, 5.41) is 0. The van der Waals surface area contributed by atoms with Gasteiger partial charge in [0.1, 0.15) is 0 Å². The summed E-state index contributed by atoms with van der Waals surface area (Å²) >= 11 is 8.66. The van der Waals surface area contributed by atoms with Crippen molar-refractivity contribution >= 4 is 39.9 Å². The van der Waals surface area contributed by atoms with Crippen LogP contribution in [0.5, 0.6) is 0 Å². The van der Waals surface area contributed by atoms with Crippen molar-refractivity contribution in [2.75, 3.05) is 0 Å². The summed E-state index contributed by atoms with van der Waals surface area (Å²) < 4.78 is 0. The van der Waals surface area contributed by atoms with Crippen LogP contribution in [0.1, 0.15) is 105 Å². The number of hydrogen-bond acceptors (Lipinski definition) is 0. The fourth-order valence-corrected chi connectivity index (χ4v) is 23.1. The summed E-state index contributed by atoms with van der Waals surface area (Å²) in [5.41, 5.74) is 2.21. The molecule has 200 valence electrons. The Kier molecular flexibility index (Phi) is 7.77. The SMILES string of the molecule is CC[Si](CC)(C1C(C)CC2C3CCCCC3C(Br)CC21)C1C(C)CC2C3CCCCC3C(Br)CC21. The molecule has 0 aromatic carbocycles. The predicted molar refractivity (Wildman–Crippen MR) is 161 cm³/mol. The van der Waals surface area contributed by atoms with Crippen molar-refractivity contribution in [3.63, 3.8) is 0 Å². The lowest BCUT2D eigenvalue weighted by molar-refractivity contribution is 0.0762. The van der Waals surface area contributed by atoms with Gasteiger partial charge >= 0.3 is 0 Å². The van der Waals surface area contributed by atoms with Crippen LogP contribution in [0.25, 0.3) is 0 Å². The predicted octanol–water partition coefficient (Wildman–Crippen LogP) is 10.7. The highest BCUT2D eigenvalue weighted by atomic mass is 79.9. The Bertz CT molecular complexity index is 692. The van der Waals surface area contributed by atoms with E-state index in [1.165, 1.54) is 51.4 Å². The first-order chi connectivity index (χ1) is 16.9. The van der Waals surface area contributed by atoms with Gasteiger partial charge in [0.15, 0.2) is 0 Å². The van der Waals surface area contributed by atoms with E-state index in [0.29, 0.717) is 0 Å². The normalized spacial score (nSPS) is 54.0. The standard InChI is InChI=1S/C32H54Br2Si/c1-5-35(6-2,31-19(3)15-25-21-11-7-9-13-23(21)29(33)17-27(25)31)32-20(4)16-26-22-12-8-10-14-24(22)30(34)18-28(26)32/h19-32H,5-18H2,1-4H3. The van der Waals surface area contributed by atoms with Crippen LogP contribution in [0.15, 0.2) is 0 Å². The van der Waals surface area contributed by atoms with Crippen LogP contribution in [0.3, 0.4) is 0 Å². The van der Waals surface area contributed by atoms with Crippen molar-refractivity contribution in [2.24, 2.45) is 59.2 Å². The second-order valence-electron chi connectivity index (χ2n) is 14.8. The minimum Gasteiger partial charge on any atom is -0.0887 e. The van der Waals surface area contributed by atoms with Crippen LogP contribution in [0.4, 0.5) is 0 Å². The Balaban J connectivity index is 1.34. The fraction of sp³-hybridized carbons (Fsp3) is 1.00. The topological polar surface area (TPSA) is 0 Å². The Hall–Kier alpha value is 1.18. The number of fused-ring (bicyclic) bond motifs is 6. The van der Waals surface area contributed by atoms with E-state index < -0.39 is 8.07 Å². The third kappa shape index (κ3) is 4.10. The molecule has 0 saturated heterocycles. The van der Waals surface area contributed by atoms with Gasteiger partial charge in [-0.1, -0.05) is 97.3 Å². The van der Waals surface area contributed by atoms with Crippen molar-refractivity contribution < 1.29 is 0 Å². The maximum absolute atomic E-state index is 4.33. The molecule has 0 N–H and O–H groups in total. The van der Waals surface area contributed by atoms with Gasteiger partial charge in [-0.25, -0.2) is 0 Å². The first-order valence-corrected chi connectivity index (χ1v) is 20.6. The van der Waals surface area contributed by atoms with Crippen LogP contribution in [-0.2, 0) is 0 Å². The van der Waals surface area contributed by atoms with Gasteiger partial charge in [-0.05, 0) is 122 Å². The van der Waals surface area contributed by atoms with E-state index >= 15 is 0 Å². The van der Waals surface area contributed by atoms with Crippen LogP contribution in [-0.4, -0.2) is 17.7 Å². The summed E-state index contributed by atoms with van der Waals surface area (Å²) in [4.78, 5) is 1.64. The minimum absolute atomic E-state index is 0.820. The van der Waals surface area contributed by atoms with Gasteiger partial charge < -0.3 is 0 Å². The first-order valence-electron chi connectivity index (χ1n) is 16.2. The van der Waals surface area contributed by atoms with Gasteiger partial charge in [-0.15, -0.1) is 0 Å². The molecule has 14 unspecified atom stereocenters. The smallest absolute Gasteiger partial charge is 0.0603 e. The highest BCUT2D eigenvalue weighted by Gasteiger charge is 2.64. The number of alkyl halides is 2. The molecule has 0 heterocycles. The Morgan fingerprint density at radius 3 is 1.26 bits per heavy atom. The molecule has 6 fully saturated rings. The molecule has 6 aliphatic carbocycles. The second kappa shape index (κ2) is 10.3. The van der Waals surface area contributed by atoms with Crippen molar-refractivity contribution in [1.29, 1.82) is 0 Å². The summed E-state index contributed by atoms with van der Waals surface area (Å²) in [6.45, 7) is 10.9. The zero-order valence-electron chi connectivity index (χ0n) is 23.2. The lowest BCUT2D eigenvalue weighted by atomic mass is 9.62. The Labute approximate surface area is 235 Å².